The highest BCUT2D eigenvalue weighted by molar-refractivity contribution is 5.78. The van der Waals surface area contributed by atoms with Gasteiger partial charge in [0.1, 0.15) is 0 Å². The SMILES string of the molecule is CCOC(=O)C1CCN(C(=O)CC(c2cccc(C)c2)n2cccc2)CC1. The largest absolute Gasteiger partial charge is 0.466 e. The van der Waals surface area contributed by atoms with E-state index >= 15 is 0 Å². The second-order valence-electron chi connectivity index (χ2n) is 7.17. The van der Waals surface area contributed by atoms with E-state index in [0.717, 1.165) is 5.56 Å². The smallest absolute Gasteiger partial charge is 0.309 e. The molecule has 1 aliphatic rings. The van der Waals surface area contributed by atoms with Crippen LogP contribution in [0.3, 0.4) is 0 Å². The number of nitrogens with zero attached hydrogens (tertiary/aromatic N) is 2. The van der Waals surface area contributed by atoms with Gasteiger partial charge in [0, 0.05) is 25.5 Å². The predicted molar refractivity (Wildman–Crippen MR) is 104 cm³/mol. The van der Waals surface area contributed by atoms with E-state index in [9.17, 15) is 9.59 Å². The van der Waals surface area contributed by atoms with Gasteiger partial charge in [-0.15, -0.1) is 0 Å². The highest BCUT2D eigenvalue weighted by atomic mass is 16.5. The number of amides is 1. The summed E-state index contributed by atoms with van der Waals surface area (Å²) in [7, 11) is 0. The van der Waals surface area contributed by atoms with E-state index in [0.29, 0.717) is 39.0 Å². The number of carbonyl (C=O) groups excluding carboxylic acids is 2. The second kappa shape index (κ2) is 8.89. The number of likely N-dealkylation sites (tertiary alicyclic amines) is 1. The molecule has 1 atom stereocenters. The Morgan fingerprint density at radius 3 is 2.48 bits per heavy atom. The Morgan fingerprint density at radius 1 is 1.15 bits per heavy atom. The molecule has 1 amide bonds. The lowest BCUT2D eigenvalue weighted by Gasteiger charge is -2.32. The lowest BCUT2D eigenvalue weighted by Crippen LogP contribution is -2.41. The topological polar surface area (TPSA) is 51.5 Å². The van der Waals surface area contributed by atoms with Crippen LogP contribution in [-0.2, 0) is 14.3 Å². The first kappa shape index (κ1) is 19.2. The third-order valence-corrected chi connectivity index (χ3v) is 5.25. The summed E-state index contributed by atoms with van der Waals surface area (Å²) in [6, 6.07) is 12.3. The van der Waals surface area contributed by atoms with Crippen LogP contribution in [0.25, 0.3) is 0 Å². The molecule has 0 spiro atoms. The number of esters is 1. The van der Waals surface area contributed by atoms with E-state index in [1.54, 1.807) is 0 Å². The second-order valence-corrected chi connectivity index (χ2v) is 7.17. The zero-order chi connectivity index (χ0) is 19.2. The van der Waals surface area contributed by atoms with Crippen molar-refractivity contribution >= 4 is 11.9 Å². The number of hydrogen-bond acceptors (Lipinski definition) is 3. The Hall–Kier alpha value is -2.56. The Labute approximate surface area is 160 Å². The number of rotatable bonds is 6. The molecule has 5 nitrogen and oxygen atoms in total. The quantitative estimate of drug-likeness (QED) is 0.733. The van der Waals surface area contributed by atoms with Gasteiger partial charge in [-0.25, -0.2) is 0 Å². The summed E-state index contributed by atoms with van der Waals surface area (Å²) in [5, 5.41) is 0. The number of ether oxygens (including phenoxy) is 1. The zero-order valence-corrected chi connectivity index (χ0v) is 16.1. The van der Waals surface area contributed by atoms with Crippen LogP contribution in [0.4, 0.5) is 0 Å². The molecule has 0 bridgehead atoms. The molecule has 1 aliphatic heterocycles. The normalized spacial score (nSPS) is 16.1. The monoisotopic (exact) mass is 368 g/mol. The molecule has 3 rings (SSSR count). The molecular formula is C22H28N2O3. The molecule has 2 heterocycles. The summed E-state index contributed by atoms with van der Waals surface area (Å²) in [6.45, 7) is 5.54. The third-order valence-electron chi connectivity index (χ3n) is 5.25. The number of piperidine rings is 1. The van der Waals surface area contributed by atoms with E-state index in [1.165, 1.54) is 5.56 Å². The van der Waals surface area contributed by atoms with Crippen molar-refractivity contribution in [1.29, 1.82) is 0 Å². The van der Waals surface area contributed by atoms with E-state index in [4.69, 9.17) is 4.74 Å². The van der Waals surface area contributed by atoms with E-state index in [-0.39, 0.29) is 23.8 Å². The summed E-state index contributed by atoms with van der Waals surface area (Å²) in [4.78, 5) is 26.7. The molecule has 1 saturated heterocycles. The van der Waals surface area contributed by atoms with Gasteiger partial charge in [-0.3, -0.25) is 9.59 Å². The molecule has 1 aromatic carbocycles. The van der Waals surface area contributed by atoms with Gasteiger partial charge < -0.3 is 14.2 Å². The van der Waals surface area contributed by atoms with E-state index < -0.39 is 0 Å². The fraction of sp³-hybridized carbons (Fsp3) is 0.455. The summed E-state index contributed by atoms with van der Waals surface area (Å²) in [5.41, 5.74) is 2.33. The third kappa shape index (κ3) is 4.79. The Morgan fingerprint density at radius 2 is 1.85 bits per heavy atom. The number of carbonyl (C=O) groups is 2. The van der Waals surface area contributed by atoms with Crippen molar-refractivity contribution in [3.63, 3.8) is 0 Å². The Kier molecular flexibility index (Phi) is 6.32. The molecule has 1 unspecified atom stereocenters. The predicted octanol–water partition coefficient (Wildman–Crippen LogP) is 3.58. The molecule has 0 saturated carbocycles. The lowest BCUT2D eigenvalue weighted by atomic mass is 9.95. The van der Waals surface area contributed by atoms with E-state index in [1.807, 2.05) is 42.4 Å². The summed E-state index contributed by atoms with van der Waals surface area (Å²) in [5.74, 6) is -0.0712. The molecule has 0 N–H and O–H groups in total. The molecule has 27 heavy (non-hydrogen) atoms. The maximum Gasteiger partial charge on any atom is 0.309 e. The lowest BCUT2D eigenvalue weighted by molar-refractivity contribution is -0.151. The van der Waals surface area contributed by atoms with Gasteiger partial charge in [0.15, 0.2) is 0 Å². The van der Waals surface area contributed by atoms with Crippen LogP contribution < -0.4 is 0 Å². The molecule has 0 radical (unpaired) electrons. The van der Waals surface area contributed by atoms with Gasteiger partial charge in [-0.05, 0) is 44.4 Å². The number of benzene rings is 1. The summed E-state index contributed by atoms with van der Waals surface area (Å²) < 4.78 is 7.21. The van der Waals surface area contributed by atoms with Gasteiger partial charge >= 0.3 is 5.97 Å². The van der Waals surface area contributed by atoms with Crippen molar-refractivity contribution in [3.05, 3.63) is 59.9 Å². The van der Waals surface area contributed by atoms with Crippen molar-refractivity contribution in [3.8, 4) is 0 Å². The minimum Gasteiger partial charge on any atom is -0.466 e. The van der Waals surface area contributed by atoms with Crippen LogP contribution in [0.2, 0.25) is 0 Å². The standard InChI is InChI=1S/C22H28N2O3/c1-3-27-22(26)18-9-13-24(14-10-18)21(25)16-20(23-11-4-5-12-23)19-8-6-7-17(2)15-19/h4-8,11-12,15,18,20H,3,9-10,13-14,16H2,1-2H3. The molecule has 5 heteroatoms. The van der Waals surface area contributed by atoms with Crippen LogP contribution in [0.15, 0.2) is 48.8 Å². The van der Waals surface area contributed by atoms with Crippen molar-refractivity contribution in [2.75, 3.05) is 19.7 Å². The van der Waals surface area contributed by atoms with Crippen LogP contribution >= 0.6 is 0 Å². The first-order valence-corrected chi connectivity index (χ1v) is 9.72. The van der Waals surface area contributed by atoms with Crippen LogP contribution in [0.1, 0.15) is 43.4 Å². The van der Waals surface area contributed by atoms with Gasteiger partial charge in [-0.2, -0.15) is 0 Å². The summed E-state index contributed by atoms with van der Waals surface area (Å²) >= 11 is 0. The minimum absolute atomic E-state index is 0.0184. The molecule has 0 aliphatic carbocycles. The number of hydrogen-bond donors (Lipinski definition) is 0. The molecule has 1 fully saturated rings. The fourth-order valence-electron chi connectivity index (χ4n) is 3.75. The molecule has 2 aromatic rings. The Balaban J connectivity index is 1.66. The van der Waals surface area contributed by atoms with Crippen molar-refractivity contribution in [1.82, 2.24) is 9.47 Å². The highest BCUT2D eigenvalue weighted by Crippen LogP contribution is 2.26. The van der Waals surface area contributed by atoms with Crippen LogP contribution in [0, 0.1) is 12.8 Å². The Bertz CT molecular complexity index is 762. The maximum absolute atomic E-state index is 13.0. The maximum atomic E-state index is 13.0. The van der Waals surface area contributed by atoms with Crippen molar-refractivity contribution < 1.29 is 14.3 Å². The van der Waals surface area contributed by atoms with Gasteiger partial charge in [0.25, 0.3) is 0 Å². The molecular weight excluding hydrogens is 340 g/mol. The van der Waals surface area contributed by atoms with E-state index in [2.05, 4.69) is 29.7 Å². The van der Waals surface area contributed by atoms with Crippen LogP contribution in [-0.4, -0.2) is 41.0 Å². The number of aryl methyl sites for hydroxylation is 1. The van der Waals surface area contributed by atoms with Crippen molar-refractivity contribution in [2.24, 2.45) is 5.92 Å². The molecule has 1 aromatic heterocycles. The van der Waals surface area contributed by atoms with Gasteiger partial charge in [-0.1, -0.05) is 29.8 Å². The average Bonchev–Trinajstić information content (AvgIpc) is 3.20. The van der Waals surface area contributed by atoms with Crippen molar-refractivity contribution in [2.45, 2.75) is 39.2 Å². The first-order valence-electron chi connectivity index (χ1n) is 9.72. The van der Waals surface area contributed by atoms with Gasteiger partial charge in [0.2, 0.25) is 5.91 Å². The van der Waals surface area contributed by atoms with Gasteiger partial charge in [0.05, 0.1) is 25.0 Å². The summed E-state index contributed by atoms with van der Waals surface area (Å²) in [6.07, 6.45) is 5.80. The average molecular weight is 368 g/mol. The molecule has 144 valence electrons. The fourth-order valence-corrected chi connectivity index (χ4v) is 3.75. The highest BCUT2D eigenvalue weighted by Gasteiger charge is 2.29. The first-order chi connectivity index (χ1) is 13.1. The van der Waals surface area contributed by atoms with Crippen LogP contribution in [0.5, 0.6) is 0 Å². The number of aromatic nitrogens is 1. The minimum atomic E-state index is -0.130. The zero-order valence-electron chi connectivity index (χ0n) is 16.1.